The van der Waals surface area contributed by atoms with E-state index >= 15 is 0 Å². The number of carbonyl (C=O) groups is 1. The van der Waals surface area contributed by atoms with Crippen LogP contribution in [0.15, 0.2) is 59.4 Å². The molecule has 1 aromatic heterocycles. The highest BCUT2D eigenvalue weighted by Gasteiger charge is 2.38. The smallest absolute Gasteiger partial charge is 0.167 e. The van der Waals surface area contributed by atoms with Crippen LogP contribution < -0.4 is 4.90 Å². The van der Waals surface area contributed by atoms with E-state index in [-0.39, 0.29) is 11.2 Å². The highest BCUT2D eigenvalue weighted by atomic mass is 32.2. The molecule has 0 unspecified atom stereocenters. The number of carbonyl (C=O) groups excluding carboxylic acids is 1. The molecule has 5 heteroatoms. The van der Waals surface area contributed by atoms with E-state index in [2.05, 4.69) is 59.9 Å². The fraction of sp³-hybridized carbons (Fsp3) is 0.273. The molecule has 2 aromatic carbocycles. The van der Waals surface area contributed by atoms with Crippen molar-refractivity contribution in [2.24, 2.45) is 0 Å². The number of fused-ring (bicyclic) bond motifs is 2. The number of thioether (sulfide) groups is 1. The van der Waals surface area contributed by atoms with E-state index in [0.717, 1.165) is 21.9 Å². The van der Waals surface area contributed by atoms with Gasteiger partial charge in [0.15, 0.2) is 10.9 Å². The second-order valence-corrected chi connectivity index (χ2v) is 8.51. The third-order valence-corrected chi connectivity index (χ3v) is 6.10. The van der Waals surface area contributed by atoms with Gasteiger partial charge in [-0.1, -0.05) is 49.9 Å². The van der Waals surface area contributed by atoms with Gasteiger partial charge in [-0.2, -0.15) is 0 Å². The summed E-state index contributed by atoms with van der Waals surface area (Å²) in [5.74, 6) is 0.460. The molecule has 0 amide bonds. The van der Waals surface area contributed by atoms with Gasteiger partial charge in [0.25, 0.3) is 0 Å². The number of nitrogens with one attached hydrogen (secondary N) is 1. The number of imidazole rings is 1. The van der Waals surface area contributed by atoms with E-state index < -0.39 is 0 Å². The molecule has 0 aliphatic carbocycles. The van der Waals surface area contributed by atoms with Crippen LogP contribution >= 0.6 is 11.8 Å². The first-order valence-electron chi connectivity index (χ1n) is 9.03. The van der Waals surface area contributed by atoms with Gasteiger partial charge in [0, 0.05) is 29.9 Å². The molecule has 0 spiro atoms. The van der Waals surface area contributed by atoms with Gasteiger partial charge in [-0.15, -0.1) is 0 Å². The molecule has 4 nitrogen and oxygen atoms in total. The number of anilines is 1. The first kappa shape index (κ1) is 17.9. The maximum atomic E-state index is 12.7. The minimum Gasteiger partial charge on any atom is -0.347 e. The van der Waals surface area contributed by atoms with E-state index in [1.807, 2.05) is 25.2 Å². The molecule has 0 bridgehead atoms. The topological polar surface area (TPSA) is 49.0 Å². The van der Waals surface area contributed by atoms with Gasteiger partial charge in [0.2, 0.25) is 0 Å². The number of aromatic amines is 1. The van der Waals surface area contributed by atoms with Crippen molar-refractivity contribution >= 4 is 34.3 Å². The predicted octanol–water partition coefficient (Wildman–Crippen LogP) is 4.84. The van der Waals surface area contributed by atoms with Crippen molar-refractivity contribution in [3.63, 3.8) is 0 Å². The van der Waals surface area contributed by atoms with Gasteiger partial charge in [-0.05, 0) is 36.2 Å². The van der Waals surface area contributed by atoms with Gasteiger partial charge < -0.3 is 9.88 Å². The lowest BCUT2D eigenvalue weighted by Crippen LogP contribution is -2.24. The Labute approximate surface area is 163 Å². The van der Waals surface area contributed by atoms with E-state index in [1.54, 1.807) is 6.08 Å². The van der Waals surface area contributed by atoms with Crippen LogP contribution in [0.25, 0.3) is 11.0 Å². The fourth-order valence-corrected chi connectivity index (χ4v) is 4.47. The Hall–Kier alpha value is -2.53. The van der Waals surface area contributed by atoms with Crippen LogP contribution in [0.5, 0.6) is 0 Å². The quantitative estimate of drug-likeness (QED) is 0.522. The number of H-pyrrole nitrogens is 1. The lowest BCUT2D eigenvalue weighted by molar-refractivity contribution is -0.112. The van der Waals surface area contributed by atoms with E-state index in [1.165, 1.54) is 28.6 Å². The number of allylic oxidation sites excluding steroid dienone is 2. The summed E-state index contributed by atoms with van der Waals surface area (Å²) >= 11 is 1.45. The van der Waals surface area contributed by atoms with Gasteiger partial charge >= 0.3 is 0 Å². The van der Waals surface area contributed by atoms with Crippen LogP contribution in [-0.2, 0) is 10.2 Å². The molecule has 0 atom stereocenters. The number of likely N-dealkylation sites (N-methyl/N-ethyl adjacent to an activating group) is 1. The Morgan fingerprint density at radius 1 is 1.26 bits per heavy atom. The maximum Gasteiger partial charge on any atom is 0.167 e. The molecule has 1 aliphatic heterocycles. The van der Waals surface area contributed by atoms with E-state index in [9.17, 15) is 4.79 Å². The number of para-hydroxylation sites is 1. The van der Waals surface area contributed by atoms with Crippen molar-refractivity contribution in [1.29, 1.82) is 0 Å². The largest absolute Gasteiger partial charge is 0.347 e. The number of aromatic nitrogens is 2. The SMILES string of the molecule is Cc1ccc2nc(SCC(=O)/C=C3\N(C)c4ccccc4C3(C)C)[nH]c2c1. The molecule has 0 saturated heterocycles. The van der Waals surface area contributed by atoms with E-state index in [4.69, 9.17) is 0 Å². The normalized spacial score (nSPS) is 16.9. The van der Waals surface area contributed by atoms with Crippen LogP contribution in [0.2, 0.25) is 0 Å². The van der Waals surface area contributed by atoms with Gasteiger partial charge in [-0.3, -0.25) is 4.79 Å². The zero-order chi connectivity index (χ0) is 19.2. The fourth-order valence-electron chi connectivity index (χ4n) is 3.76. The van der Waals surface area contributed by atoms with Crippen molar-refractivity contribution in [2.45, 2.75) is 31.3 Å². The van der Waals surface area contributed by atoms with Crippen molar-refractivity contribution < 1.29 is 4.79 Å². The van der Waals surface area contributed by atoms with Crippen molar-refractivity contribution in [2.75, 3.05) is 17.7 Å². The first-order chi connectivity index (χ1) is 12.9. The Kier molecular flexibility index (Phi) is 4.35. The summed E-state index contributed by atoms with van der Waals surface area (Å²) in [4.78, 5) is 22.6. The van der Waals surface area contributed by atoms with Crippen molar-refractivity contribution in [1.82, 2.24) is 9.97 Å². The molecular formula is C22H23N3OS. The van der Waals surface area contributed by atoms with Crippen LogP contribution in [-0.4, -0.2) is 28.6 Å². The molecule has 0 saturated carbocycles. The lowest BCUT2D eigenvalue weighted by Gasteiger charge is -2.23. The Morgan fingerprint density at radius 3 is 2.81 bits per heavy atom. The zero-order valence-electron chi connectivity index (χ0n) is 16.0. The second-order valence-electron chi connectivity index (χ2n) is 7.55. The van der Waals surface area contributed by atoms with Gasteiger partial charge in [0.05, 0.1) is 16.8 Å². The summed E-state index contributed by atoms with van der Waals surface area (Å²) in [6.45, 7) is 6.40. The highest BCUT2D eigenvalue weighted by molar-refractivity contribution is 7.99. The van der Waals surface area contributed by atoms with Crippen LogP contribution in [0.3, 0.4) is 0 Å². The van der Waals surface area contributed by atoms with Crippen molar-refractivity contribution in [3.05, 3.63) is 65.4 Å². The minimum atomic E-state index is -0.178. The van der Waals surface area contributed by atoms with Crippen LogP contribution in [0, 0.1) is 6.92 Å². The summed E-state index contributed by atoms with van der Waals surface area (Å²) in [6.07, 6.45) is 1.79. The Morgan fingerprint density at radius 2 is 2.04 bits per heavy atom. The molecule has 138 valence electrons. The summed E-state index contributed by atoms with van der Waals surface area (Å²) in [7, 11) is 2.03. The average molecular weight is 378 g/mol. The average Bonchev–Trinajstić information content (AvgIpc) is 3.12. The molecule has 3 aromatic rings. The summed E-state index contributed by atoms with van der Waals surface area (Å²) in [5, 5.41) is 0.782. The lowest BCUT2D eigenvalue weighted by atomic mass is 9.83. The van der Waals surface area contributed by atoms with Crippen molar-refractivity contribution in [3.8, 4) is 0 Å². The van der Waals surface area contributed by atoms with E-state index in [0.29, 0.717) is 5.75 Å². The zero-order valence-corrected chi connectivity index (χ0v) is 16.9. The third kappa shape index (κ3) is 3.16. The number of rotatable bonds is 4. The molecular weight excluding hydrogens is 354 g/mol. The molecule has 0 radical (unpaired) electrons. The maximum absolute atomic E-state index is 12.7. The van der Waals surface area contributed by atoms with Crippen LogP contribution in [0.4, 0.5) is 5.69 Å². The third-order valence-electron chi connectivity index (χ3n) is 5.20. The minimum absolute atomic E-state index is 0.0966. The number of benzene rings is 2. The summed E-state index contributed by atoms with van der Waals surface area (Å²) in [6, 6.07) is 14.5. The number of ketones is 1. The summed E-state index contributed by atoms with van der Waals surface area (Å²) in [5.41, 5.74) is 6.41. The molecule has 0 fully saturated rings. The number of hydrogen-bond acceptors (Lipinski definition) is 4. The first-order valence-corrected chi connectivity index (χ1v) is 10.0. The Balaban J connectivity index is 1.51. The molecule has 4 rings (SSSR count). The molecule has 2 heterocycles. The standard InChI is InChI=1S/C22H23N3OS/c1-14-9-10-17-18(11-14)24-21(23-17)27-13-15(26)12-20-22(2,3)16-7-5-6-8-19(16)25(20)4/h5-12H,13H2,1-4H3,(H,23,24)/b20-12-. The van der Waals surface area contributed by atoms with Gasteiger partial charge in [0.1, 0.15) is 0 Å². The monoisotopic (exact) mass is 377 g/mol. The predicted molar refractivity (Wildman–Crippen MR) is 113 cm³/mol. The Bertz CT molecular complexity index is 1060. The number of aryl methyl sites for hydroxylation is 1. The second kappa shape index (κ2) is 6.57. The number of hydrogen-bond donors (Lipinski definition) is 1. The number of nitrogens with zero attached hydrogens (tertiary/aromatic N) is 2. The van der Waals surface area contributed by atoms with Crippen LogP contribution in [0.1, 0.15) is 25.0 Å². The summed E-state index contributed by atoms with van der Waals surface area (Å²) < 4.78 is 0. The van der Waals surface area contributed by atoms with Gasteiger partial charge in [-0.25, -0.2) is 4.98 Å². The molecule has 1 aliphatic rings. The highest BCUT2D eigenvalue weighted by Crippen LogP contribution is 2.46. The molecule has 1 N–H and O–H groups in total. The molecule has 27 heavy (non-hydrogen) atoms.